The first-order chi connectivity index (χ1) is 6.34. The number of nitrogen functional groups attached to an aromatic ring is 1. The second kappa shape index (κ2) is 3.79. The second-order valence-electron chi connectivity index (χ2n) is 3.58. The molecule has 0 saturated carbocycles. The van der Waals surface area contributed by atoms with E-state index < -0.39 is 0 Å². The second-order valence-corrected chi connectivity index (χ2v) is 3.58. The predicted molar refractivity (Wildman–Crippen MR) is 52.4 cm³/mol. The highest BCUT2D eigenvalue weighted by atomic mass is 16.5. The number of hydrogen-bond donors (Lipinski definition) is 2. The molecule has 1 aromatic rings. The SMILES string of the molecule is Nc1cc(CC2CCOCC2)[nH]n1.[HH]. The lowest BCUT2D eigenvalue weighted by atomic mass is 9.95. The first-order valence-electron chi connectivity index (χ1n) is 4.72. The Labute approximate surface area is 79.0 Å². The van der Waals surface area contributed by atoms with Crippen molar-refractivity contribution in [1.82, 2.24) is 10.2 Å². The molecular weight excluding hydrogens is 166 g/mol. The summed E-state index contributed by atoms with van der Waals surface area (Å²) in [6.07, 6.45) is 3.35. The molecular formula is C9H17N3O. The molecule has 0 atom stereocenters. The first-order valence-corrected chi connectivity index (χ1v) is 4.72. The van der Waals surface area contributed by atoms with Gasteiger partial charge in [-0.25, -0.2) is 0 Å². The van der Waals surface area contributed by atoms with Gasteiger partial charge in [0.15, 0.2) is 0 Å². The van der Waals surface area contributed by atoms with Crippen molar-refractivity contribution in [3.05, 3.63) is 11.8 Å². The monoisotopic (exact) mass is 183 g/mol. The standard InChI is InChI=1S/C9H15N3O.H2/c10-9-6-8(11-12-9)5-7-1-3-13-4-2-7;/h6-7H,1-5H2,(H3,10,11,12);1H. The van der Waals surface area contributed by atoms with Gasteiger partial charge in [-0.1, -0.05) is 0 Å². The van der Waals surface area contributed by atoms with E-state index in [9.17, 15) is 0 Å². The topological polar surface area (TPSA) is 63.9 Å². The summed E-state index contributed by atoms with van der Waals surface area (Å²) in [7, 11) is 0. The third kappa shape index (κ3) is 2.21. The van der Waals surface area contributed by atoms with Gasteiger partial charge in [-0.2, -0.15) is 5.10 Å². The highest BCUT2D eigenvalue weighted by molar-refractivity contribution is 5.28. The van der Waals surface area contributed by atoms with Crippen LogP contribution in [0.3, 0.4) is 0 Å². The Balaban J connectivity index is 0.000000980. The Morgan fingerprint density at radius 1 is 1.62 bits per heavy atom. The average molecular weight is 183 g/mol. The molecule has 3 N–H and O–H groups in total. The molecule has 13 heavy (non-hydrogen) atoms. The molecule has 1 fully saturated rings. The molecule has 0 amide bonds. The summed E-state index contributed by atoms with van der Waals surface area (Å²) in [5.41, 5.74) is 6.66. The lowest BCUT2D eigenvalue weighted by molar-refractivity contribution is 0.0663. The van der Waals surface area contributed by atoms with Crippen molar-refractivity contribution in [3.63, 3.8) is 0 Å². The molecule has 4 heteroatoms. The van der Waals surface area contributed by atoms with E-state index in [2.05, 4.69) is 10.2 Å². The van der Waals surface area contributed by atoms with Crippen molar-refractivity contribution < 1.29 is 6.16 Å². The minimum absolute atomic E-state index is 0. The number of rotatable bonds is 2. The fraction of sp³-hybridized carbons (Fsp3) is 0.667. The highest BCUT2D eigenvalue weighted by Crippen LogP contribution is 2.19. The van der Waals surface area contributed by atoms with Crippen LogP contribution in [0, 0.1) is 5.92 Å². The zero-order valence-corrected chi connectivity index (χ0v) is 7.62. The number of hydrogen-bond acceptors (Lipinski definition) is 3. The van der Waals surface area contributed by atoms with Gasteiger partial charge in [0.2, 0.25) is 0 Å². The van der Waals surface area contributed by atoms with Gasteiger partial charge in [-0.05, 0) is 25.2 Å². The van der Waals surface area contributed by atoms with Crippen LogP contribution < -0.4 is 5.73 Å². The van der Waals surface area contributed by atoms with Crippen LogP contribution in [0.1, 0.15) is 20.0 Å². The largest absolute Gasteiger partial charge is 0.382 e. The van der Waals surface area contributed by atoms with E-state index in [1.54, 1.807) is 0 Å². The fourth-order valence-electron chi connectivity index (χ4n) is 1.75. The number of anilines is 1. The maximum atomic E-state index is 5.52. The van der Waals surface area contributed by atoms with Crippen LogP contribution >= 0.6 is 0 Å². The third-order valence-electron chi connectivity index (χ3n) is 2.50. The first kappa shape index (κ1) is 8.56. The molecule has 0 spiro atoms. The van der Waals surface area contributed by atoms with Gasteiger partial charge in [0.25, 0.3) is 0 Å². The van der Waals surface area contributed by atoms with Crippen LogP contribution in [0.5, 0.6) is 0 Å². The number of H-pyrrole nitrogens is 1. The summed E-state index contributed by atoms with van der Waals surface area (Å²) in [6, 6.07) is 1.91. The van der Waals surface area contributed by atoms with Crippen LogP contribution in [-0.2, 0) is 11.2 Å². The van der Waals surface area contributed by atoms with Gasteiger partial charge in [0.1, 0.15) is 5.82 Å². The highest BCUT2D eigenvalue weighted by Gasteiger charge is 2.14. The molecule has 74 valence electrons. The molecule has 0 aromatic carbocycles. The normalized spacial score (nSPS) is 19.1. The molecule has 1 aliphatic heterocycles. The van der Waals surface area contributed by atoms with E-state index in [1.807, 2.05) is 6.07 Å². The van der Waals surface area contributed by atoms with Crippen molar-refractivity contribution in [1.29, 1.82) is 0 Å². The number of aromatic amines is 1. The minimum Gasteiger partial charge on any atom is -0.382 e. The molecule has 1 aliphatic rings. The molecule has 2 rings (SSSR count). The molecule has 1 aromatic heterocycles. The van der Waals surface area contributed by atoms with Crippen LogP contribution in [0.2, 0.25) is 0 Å². The van der Waals surface area contributed by atoms with E-state index >= 15 is 0 Å². The van der Waals surface area contributed by atoms with Crippen molar-refractivity contribution in [3.8, 4) is 0 Å². The van der Waals surface area contributed by atoms with Crippen LogP contribution in [0.4, 0.5) is 5.82 Å². The maximum absolute atomic E-state index is 5.52. The summed E-state index contributed by atoms with van der Waals surface area (Å²) in [6.45, 7) is 1.79. The Kier molecular flexibility index (Phi) is 2.49. The van der Waals surface area contributed by atoms with Crippen LogP contribution in [0.15, 0.2) is 6.07 Å². The summed E-state index contributed by atoms with van der Waals surface area (Å²) in [5, 5.41) is 6.84. The van der Waals surface area contributed by atoms with Gasteiger partial charge in [-0.3, -0.25) is 5.10 Å². The Morgan fingerprint density at radius 3 is 3.00 bits per heavy atom. The van der Waals surface area contributed by atoms with E-state index in [1.165, 1.54) is 0 Å². The van der Waals surface area contributed by atoms with Crippen LogP contribution in [-0.4, -0.2) is 23.4 Å². The maximum Gasteiger partial charge on any atom is 0.145 e. The molecule has 0 radical (unpaired) electrons. The Morgan fingerprint density at radius 2 is 2.38 bits per heavy atom. The van der Waals surface area contributed by atoms with E-state index in [0.717, 1.165) is 44.1 Å². The lowest BCUT2D eigenvalue weighted by Crippen LogP contribution is -2.17. The van der Waals surface area contributed by atoms with Crippen molar-refractivity contribution in [2.24, 2.45) is 5.92 Å². The van der Waals surface area contributed by atoms with Gasteiger partial charge < -0.3 is 10.5 Å². The molecule has 2 heterocycles. The van der Waals surface area contributed by atoms with Crippen molar-refractivity contribution in [2.75, 3.05) is 18.9 Å². The van der Waals surface area contributed by atoms with Gasteiger partial charge in [0.05, 0.1) is 0 Å². The average Bonchev–Trinajstić information content (AvgIpc) is 2.53. The third-order valence-corrected chi connectivity index (χ3v) is 2.50. The quantitative estimate of drug-likeness (QED) is 0.724. The van der Waals surface area contributed by atoms with Gasteiger partial charge in [-0.15, -0.1) is 0 Å². The van der Waals surface area contributed by atoms with Crippen LogP contribution in [0.25, 0.3) is 0 Å². The van der Waals surface area contributed by atoms with Crippen molar-refractivity contribution >= 4 is 5.82 Å². The Bertz CT molecular complexity index is 271. The molecule has 4 nitrogen and oxygen atoms in total. The predicted octanol–water partition coefficient (Wildman–Crippen LogP) is 1.21. The van der Waals surface area contributed by atoms with E-state index in [0.29, 0.717) is 5.82 Å². The molecule has 1 saturated heterocycles. The zero-order chi connectivity index (χ0) is 9.10. The molecule has 0 aliphatic carbocycles. The fourth-order valence-corrected chi connectivity index (χ4v) is 1.75. The summed E-state index contributed by atoms with van der Waals surface area (Å²) in [5.74, 6) is 1.32. The number of nitrogens with zero attached hydrogens (tertiary/aromatic N) is 1. The number of nitrogens with one attached hydrogen (secondary N) is 1. The van der Waals surface area contributed by atoms with Crippen molar-refractivity contribution in [2.45, 2.75) is 19.3 Å². The van der Waals surface area contributed by atoms with E-state index in [4.69, 9.17) is 10.5 Å². The lowest BCUT2D eigenvalue weighted by Gasteiger charge is -2.20. The summed E-state index contributed by atoms with van der Waals surface area (Å²) < 4.78 is 5.29. The number of aromatic nitrogens is 2. The summed E-state index contributed by atoms with van der Waals surface area (Å²) >= 11 is 0. The van der Waals surface area contributed by atoms with Gasteiger partial charge in [0, 0.05) is 26.4 Å². The zero-order valence-electron chi connectivity index (χ0n) is 7.62. The summed E-state index contributed by atoms with van der Waals surface area (Å²) in [4.78, 5) is 0. The Hall–Kier alpha value is -1.03. The molecule has 0 bridgehead atoms. The smallest absolute Gasteiger partial charge is 0.145 e. The van der Waals surface area contributed by atoms with E-state index in [-0.39, 0.29) is 1.43 Å². The minimum atomic E-state index is 0. The van der Waals surface area contributed by atoms with Gasteiger partial charge >= 0.3 is 0 Å². The number of nitrogens with two attached hydrogens (primary N) is 1. The molecule has 0 unspecified atom stereocenters. The number of ether oxygens (including phenoxy) is 1.